The van der Waals surface area contributed by atoms with Crippen LogP contribution in [0, 0.1) is 27.7 Å². The minimum atomic E-state index is 0.581. The molecule has 0 aliphatic rings. The van der Waals surface area contributed by atoms with Crippen molar-refractivity contribution in [3.05, 3.63) is 64.2 Å². The van der Waals surface area contributed by atoms with Crippen LogP contribution in [0.15, 0.2) is 41.6 Å². The zero-order valence-electron chi connectivity index (χ0n) is 19.7. The average Bonchev–Trinajstić information content (AvgIpc) is 2.72. The van der Waals surface area contributed by atoms with Gasteiger partial charge in [0, 0.05) is 0 Å². The number of oxime groups is 1. The Morgan fingerprint density at radius 1 is 0.774 bits per heavy atom. The quantitative estimate of drug-likeness (QED) is 0.179. The molecule has 0 amide bonds. The molecule has 0 aliphatic carbocycles. The molecule has 2 rings (SSSR count). The predicted molar refractivity (Wildman–Crippen MR) is 127 cm³/mol. The van der Waals surface area contributed by atoms with Crippen molar-refractivity contribution in [3.8, 4) is 17.2 Å². The summed E-state index contributed by atoms with van der Waals surface area (Å²) < 4.78 is 17.8. The molecular formula is C26H35NO4. The van der Waals surface area contributed by atoms with E-state index in [-0.39, 0.29) is 0 Å². The molecule has 0 aromatic heterocycles. The Morgan fingerprint density at radius 2 is 1.29 bits per heavy atom. The normalized spacial score (nSPS) is 11.3. The molecule has 168 valence electrons. The first-order valence-electron chi connectivity index (χ1n) is 10.7. The molecule has 0 N–H and O–H groups in total. The molecule has 0 spiro atoms. The molecular weight excluding hydrogens is 390 g/mol. The predicted octanol–water partition coefficient (Wildman–Crippen LogP) is 6.09. The van der Waals surface area contributed by atoms with Crippen molar-refractivity contribution in [2.75, 3.05) is 26.9 Å². The topological polar surface area (TPSA) is 49.3 Å². The van der Waals surface area contributed by atoms with Gasteiger partial charge in [0.25, 0.3) is 0 Å². The maximum Gasteiger partial charge on any atom is 0.125 e. The largest absolute Gasteiger partial charge is 0.493 e. The second kappa shape index (κ2) is 12.7. The molecule has 0 saturated heterocycles. The molecule has 5 nitrogen and oxygen atoms in total. The third-order valence-electron chi connectivity index (χ3n) is 4.84. The SMILES string of the molecule is C/C=C/COc1cc(C)c(OCCCCOc2c(C)cc(C=NOC)cc2C)c(C)c1. The van der Waals surface area contributed by atoms with Crippen LogP contribution in [0.2, 0.25) is 0 Å². The van der Waals surface area contributed by atoms with E-state index in [1.54, 1.807) is 6.21 Å². The van der Waals surface area contributed by atoms with Gasteiger partial charge in [-0.25, -0.2) is 0 Å². The van der Waals surface area contributed by atoms with Gasteiger partial charge < -0.3 is 19.0 Å². The van der Waals surface area contributed by atoms with Crippen molar-refractivity contribution in [3.63, 3.8) is 0 Å². The fraction of sp³-hybridized carbons (Fsp3) is 0.423. The van der Waals surface area contributed by atoms with E-state index in [1.807, 2.05) is 57.2 Å². The van der Waals surface area contributed by atoms with Crippen molar-refractivity contribution in [1.82, 2.24) is 0 Å². The first-order chi connectivity index (χ1) is 15.0. The summed E-state index contributed by atoms with van der Waals surface area (Å²) in [4.78, 5) is 4.75. The molecule has 0 saturated carbocycles. The number of ether oxygens (including phenoxy) is 3. The van der Waals surface area contributed by atoms with Crippen LogP contribution >= 0.6 is 0 Å². The summed E-state index contributed by atoms with van der Waals surface area (Å²) in [6, 6.07) is 8.15. The molecule has 31 heavy (non-hydrogen) atoms. The summed E-state index contributed by atoms with van der Waals surface area (Å²) in [5.74, 6) is 2.76. The van der Waals surface area contributed by atoms with E-state index < -0.39 is 0 Å². The summed E-state index contributed by atoms with van der Waals surface area (Å²) >= 11 is 0. The molecule has 0 atom stereocenters. The van der Waals surface area contributed by atoms with Gasteiger partial charge in [0.05, 0.1) is 19.4 Å². The Bertz CT molecular complexity index is 856. The van der Waals surface area contributed by atoms with Gasteiger partial charge in [-0.05, 0) is 99.5 Å². The summed E-state index contributed by atoms with van der Waals surface area (Å²) in [6.07, 6.45) is 7.52. The van der Waals surface area contributed by atoms with Gasteiger partial charge in [-0.15, -0.1) is 0 Å². The average molecular weight is 426 g/mol. The summed E-state index contributed by atoms with van der Waals surface area (Å²) in [7, 11) is 1.54. The fourth-order valence-corrected chi connectivity index (χ4v) is 3.41. The van der Waals surface area contributed by atoms with Crippen LogP contribution in [0.3, 0.4) is 0 Å². The lowest BCUT2D eigenvalue weighted by Crippen LogP contribution is -2.06. The molecule has 0 radical (unpaired) electrons. The highest BCUT2D eigenvalue weighted by Gasteiger charge is 2.08. The second-order valence-electron chi connectivity index (χ2n) is 7.57. The van der Waals surface area contributed by atoms with E-state index in [0.29, 0.717) is 19.8 Å². The lowest BCUT2D eigenvalue weighted by molar-refractivity contribution is 0.215. The number of allylic oxidation sites excluding steroid dienone is 1. The van der Waals surface area contributed by atoms with Crippen molar-refractivity contribution in [2.24, 2.45) is 5.16 Å². The number of rotatable bonds is 12. The Morgan fingerprint density at radius 3 is 1.77 bits per heavy atom. The fourth-order valence-electron chi connectivity index (χ4n) is 3.41. The van der Waals surface area contributed by atoms with E-state index >= 15 is 0 Å². The highest BCUT2D eigenvalue weighted by atomic mass is 16.6. The molecule has 0 bridgehead atoms. The Labute approximate surface area is 186 Å². The Balaban J connectivity index is 1.79. The van der Waals surface area contributed by atoms with Crippen LogP contribution in [0.5, 0.6) is 17.2 Å². The van der Waals surface area contributed by atoms with Crippen LogP contribution in [0.4, 0.5) is 0 Å². The van der Waals surface area contributed by atoms with Crippen LogP contribution in [0.1, 0.15) is 47.6 Å². The van der Waals surface area contributed by atoms with Gasteiger partial charge in [-0.2, -0.15) is 0 Å². The second-order valence-corrected chi connectivity index (χ2v) is 7.57. The number of hydrogen-bond acceptors (Lipinski definition) is 5. The van der Waals surface area contributed by atoms with Crippen LogP contribution in [-0.2, 0) is 4.84 Å². The van der Waals surface area contributed by atoms with E-state index in [0.717, 1.165) is 57.9 Å². The zero-order valence-corrected chi connectivity index (χ0v) is 19.7. The smallest absolute Gasteiger partial charge is 0.125 e. The molecule has 0 aliphatic heterocycles. The minimum Gasteiger partial charge on any atom is -0.493 e. The number of benzene rings is 2. The third kappa shape index (κ3) is 7.67. The number of unbranched alkanes of at least 4 members (excludes halogenated alkanes) is 1. The van der Waals surface area contributed by atoms with Gasteiger partial charge in [0.2, 0.25) is 0 Å². The Kier molecular flexibility index (Phi) is 9.95. The van der Waals surface area contributed by atoms with Crippen LogP contribution in [0.25, 0.3) is 0 Å². The molecule has 0 heterocycles. The highest BCUT2D eigenvalue weighted by molar-refractivity contribution is 5.80. The van der Waals surface area contributed by atoms with E-state index in [9.17, 15) is 0 Å². The highest BCUT2D eigenvalue weighted by Crippen LogP contribution is 2.29. The van der Waals surface area contributed by atoms with Crippen molar-refractivity contribution >= 4 is 6.21 Å². The van der Waals surface area contributed by atoms with Gasteiger partial charge in [-0.1, -0.05) is 17.3 Å². The molecule has 2 aromatic carbocycles. The number of nitrogens with zero attached hydrogens (tertiary/aromatic N) is 1. The van der Waals surface area contributed by atoms with Gasteiger partial charge in [-0.3, -0.25) is 0 Å². The van der Waals surface area contributed by atoms with Crippen molar-refractivity contribution in [1.29, 1.82) is 0 Å². The van der Waals surface area contributed by atoms with Crippen molar-refractivity contribution < 1.29 is 19.0 Å². The molecule has 0 fully saturated rings. The van der Waals surface area contributed by atoms with Crippen LogP contribution in [-0.4, -0.2) is 33.1 Å². The van der Waals surface area contributed by atoms with Crippen molar-refractivity contribution in [2.45, 2.75) is 47.5 Å². The summed E-state index contributed by atoms with van der Waals surface area (Å²) in [5.41, 5.74) is 5.38. The third-order valence-corrected chi connectivity index (χ3v) is 4.84. The number of aryl methyl sites for hydroxylation is 4. The lowest BCUT2D eigenvalue weighted by atomic mass is 10.1. The zero-order chi connectivity index (χ0) is 22.6. The summed E-state index contributed by atoms with van der Waals surface area (Å²) in [5, 5.41) is 3.82. The van der Waals surface area contributed by atoms with E-state index in [1.165, 1.54) is 7.11 Å². The maximum atomic E-state index is 6.05. The van der Waals surface area contributed by atoms with E-state index in [2.05, 4.69) is 19.0 Å². The van der Waals surface area contributed by atoms with Gasteiger partial charge >= 0.3 is 0 Å². The number of hydrogen-bond donors (Lipinski definition) is 0. The van der Waals surface area contributed by atoms with E-state index in [4.69, 9.17) is 19.0 Å². The summed E-state index contributed by atoms with van der Waals surface area (Å²) in [6.45, 7) is 12.1. The van der Waals surface area contributed by atoms with Gasteiger partial charge in [0.1, 0.15) is 31.0 Å². The monoisotopic (exact) mass is 425 g/mol. The first-order valence-corrected chi connectivity index (χ1v) is 10.7. The first kappa shape index (κ1) is 24.3. The lowest BCUT2D eigenvalue weighted by Gasteiger charge is -2.15. The minimum absolute atomic E-state index is 0.581. The van der Waals surface area contributed by atoms with Crippen LogP contribution < -0.4 is 14.2 Å². The maximum absolute atomic E-state index is 6.05. The molecule has 5 heteroatoms. The molecule has 2 aromatic rings. The van der Waals surface area contributed by atoms with Gasteiger partial charge in [0.15, 0.2) is 0 Å². The Hall–Kier alpha value is -2.95. The molecule has 0 unspecified atom stereocenters. The standard InChI is InChI=1S/C26H35NO4/c1-7-8-11-29-24-16-21(4)26(22(5)17-24)31-13-10-9-12-30-25-19(2)14-23(15-20(25)3)18-27-28-6/h7-8,14-18H,9-13H2,1-6H3/b8-7+,27-18?.